The Morgan fingerprint density at radius 3 is 0.797 bits per heavy atom. The van der Waals surface area contributed by atoms with Gasteiger partial charge in [0, 0.05) is 18.7 Å². The van der Waals surface area contributed by atoms with E-state index in [4.69, 9.17) is 4.74 Å². The van der Waals surface area contributed by atoms with Crippen molar-refractivity contribution >= 4 is 11.8 Å². The number of carbonyl (C=O) groups is 2. The summed E-state index contributed by atoms with van der Waals surface area (Å²) in [5.74, 6) is 0.379. The van der Waals surface area contributed by atoms with Crippen LogP contribution in [0.2, 0.25) is 0 Å². The van der Waals surface area contributed by atoms with Crippen LogP contribution < -0.4 is 15.4 Å². The first kappa shape index (κ1) is 70.0. The average Bonchev–Trinajstić information content (AvgIpc) is 3.41. The molecule has 1 aromatic rings. The van der Waals surface area contributed by atoms with Gasteiger partial charge in [-0.1, -0.05) is 355 Å². The number of benzene rings is 1. The molecule has 0 saturated heterocycles. The number of hydrogen-bond donors (Lipinski definition) is 2. The molecule has 0 aromatic heterocycles. The zero-order chi connectivity index (χ0) is 53.1. The first-order chi connectivity index (χ1) is 36.6. The van der Waals surface area contributed by atoms with Crippen molar-refractivity contribution in [3.63, 3.8) is 0 Å². The molecule has 2 N–H and O–H groups in total. The number of ether oxygens (including phenoxy) is 1. The van der Waals surface area contributed by atoms with Gasteiger partial charge in [-0.05, 0) is 37.5 Å². The minimum Gasteiger partial charge on any atom is -0.493 e. The smallest absolute Gasteiger partial charge is 0.255 e. The molecule has 1 aromatic carbocycles. The van der Waals surface area contributed by atoms with Crippen LogP contribution in [-0.4, -0.2) is 31.5 Å². The topological polar surface area (TPSA) is 67.4 Å². The summed E-state index contributed by atoms with van der Waals surface area (Å²) in [5.41, 5.74) is 1.13. The molecular weight excluding hydrogens is 905 g/mol. The molecule has 0 saturated carbocycles. The van der Waals surface area contributed by atoms with E-state index in [0.29, 0.717) is 36.6 Å². The largest absolute Gasteiger partial charge is 0.493 e. The van der Waals surface area contributed by atoms with E-state index >= 15 is 0 Å². The molecule has 0 aliphatic carbocycles. The molecule has 0 spiro atoms. The van der Waals surface area contributed by atoms with Crippen molar-refractivity contribution in [2.75, 3.05) is 19.7 Å². The molecule has 5 nitrogen and oxygen atoms in total. The molecule has 0 bridgehead atoms. The van der Waals surface area contributed by atoms with E-state index < -0.39 is 0 Å². The van der Waals surface area contributed by atoms with Crippen LogP contribution in [0.3, 0.4) is 0 Å². The monoisotopic (exact) mass is 1040 g/mol. The third-order valence-corrected chi connectivity index (χ3v) is 16.1. The van der Waals surface area contributed by atoms with Crippen molar-refractivity contribution in [1.82, 2.24) is 10.6 Å². The van der Waals surface area contributed by atoms with E-state index in [0.717, 1.165) is 38.5 Å². The van der Waals surface area contributed by atoms with Crippen molar-refractivity contribution in [1.29, 1.82) is 0 Å². The van der Waals surface area contributed by atoms with Gasteiger partial charge >= 0.3 is 0 Å². The first-order valence-electron chi connectivity index (χ1n) is 34.0. The lowest BCUT2D eigenvalue weighted by atomic mass is 10.0. The van der Waals surface area contributed by atoms with E-state index in [1.54, 1.807) is 12.1 Å². The predicted molar refractivity (Wildman–Crippen MR) is 328 cm³/mol. The summed E-state index contributed by atoms with van der Waals surface area (Å²) in [4.78, 5) is 26.8. The zero-order valence-corrected chi connectivity index (χ0v) is 50.5. The van der Waals surface area contributed by atoms with Gasteiger partial charge in [-0.2, -0.15) is 0 Å². The average molecular weight is 1040 g/mol. The Bertz CT molecular complexity index is 1300. The normalized spacial score (nSPS) is 11.4. The summed E-state index contributed by atoms with van der Waals surface area (Å²) in [6.45, 7) is 8.83. The van der Waals surface area contributed by atoms with Crippen molar-refractivity contribution in [3.8, 4) is 5.75 Å². The molecule has 0 atom stereocenters. The lowest BCUT2D eigenvalue weighted by Gasteiger charge is -2.14. The summed E-state index contributed by atoms with van der Waals surface area (Å²) in [7, 11) is 0. The SMILES string of the molecule is CCCCCCCCCCCCCCCCCCCCCCNC(=O)c1ccc(C(=O)NCCCCCCCCCCCCCCCCCCCCCC)c(OCCCCCCCCCCCCCCCCC)c1. The molecular formula is C69H130N2O3. The summed E-state index contributed by atoms with van der Waals surface area (Å²) in [5, 5.41) is 6.33. The minimum absolute atomic E-state index is 0.0732. The Labute approximate surface area is 463 Å². The molecule has 0 aliphatic rings. The zero-order valence-electron chi connectivity index (χ0n) is 50.5. The van der Waals surface area contributed by atoms with E-state index in [-0.39, 0.29) is 11.8 Å². The van der Waals surface area contributed by atoms with Crippen LogP contribution in [0.15, 0.2) is 18.2 Å². The van der Waals surface area contributed by atoms with Gasteiger partial charge in [0.15, 0.2) is 0 Å². The fraction of sp³-hybridized carbons (Fsp3) is 0.884. The maximum absolute atomic E-state index is 13.5. The molecule has 0 aliphatic heterocycles. The van der Waals surface area contributed by atoms with E-state index in [9.17, 15) is 9.59 Å². The molecule has 74 heavy (non-hydrogen) atoms. The van der Waals surface area contributed by atoms with Gasteiger partial charge in [0.2, 0.25) is 0 Å². The number of amides is 2. The second kappa shape index (κ2) is 58.6. The fourth-order valence-electron chi connectivity index (χ4n) is 11.0. The van der Waals surface area contributed by atoms with E-state index in [1.165, 1.54) is 315 Å². The van der Waals surface area contributed by atoms with Gasteiger partial charge in [0.1, 0.15) is 5.75 Å². The molecule has 0 unspecified atom stereocenters. The fourth-order valence-corrected chi connectivity index (χ4v) is 11.0. The molecule has 2 amide bonds. The molecule has 5 heteroatoms. The van der Waals surface area contributed by atoms with Crippen LogP contribution in [0.5, 0.6) is 5.75 Å². The number of nitrogens with one attached hydrogen (secondary N) is 2. The van der Waals surface area contributed by atoms with Gasteiger partial charge in [0.25, 0.3) is 11.8 Å². The van der Waals surface area contributed by atoms with Gasteiger partial charge in [-0.25, -0.2) is 0 Å². The molecule has 0 fully saturated rings. The highest BCUT2D eigenvalue weighted by atomic mass is 16.5. The first-order valence-corrected chi connectivity index (χ1v) is 34.0. The predicted octanol–water partition coefficient (Wildman–Crippen LogP) is 23.0. The van der Waals surface area contributed by atoms with Crippen LogP contribution in [0.4, 0.5) is 0 Å². The van der Waals surface area contributed by atoms with Gasteiger partial charge in [-0.3, -0.25) is 9.59 Å². The lowest BCUT2D eigenvalue weighted by molar-refractivity contribution is 0.0937. The number of hydrogen-bond acceptors (Lipinski definition) is 3. The summed E-state index contributed by atoms with van der Waals surface area (Å²) in [6.07, 6.45) is 74.6. The highest BCUT2D eigenvalue weighted by Crippen LogP contribution is 2.23. The summed E-state index contributed by atoms with van der Waals surface area (Å²) >= 11 is 0. The molecule has 1 rings (SSSR count). The maximum Gasteiger partial charge on any atom is 0.255 e. The maximum atomic E-state index is 13.5. The third kappa shape index (κ3) is 48.3. The quantitative estimate of drug-likeness (QED) is 0.0639. The molecule has 0 heterocycles. The van der Waals surface area contributed by atoms with Crippen molar-refractivity contribution in [2.45, 2.75) is 374 Å². The Balaban J connectivity index is 2.31. The highest BCUT2D eigenvalue weighted by molar-refractivity contribution is 6.00. The summed E-state index contributed by atoms with van der Waals surface area (Å²) < 4.78 is 6.32. The molecule has 434 valence electrons. The summed E-state index contributed by atoms with van der Waals surface area (Å²) in [6, 6.07) is 5.42. The van der Waals surface area contributed by atoms with Crippen LogP contribution in [0.1, 0.15) is 395 Å². The Kier molecular flexibility index (Phi) is 55.4. The van der Waals surface area contributed by atoms with Gasteiger partial charge in [-0.15, -0.1) is 0 Å². The second-order valence-electron chi connectivity index (χ2n) is 23.5. The Hall–Kier alpha value is -2.04. The van der Waals surface area contributed by atoms with Crippen molar-refractivity contribution in [3.05, 3.63) is 29.3 Å². The van der Waals surface area contributed by atoms with Crippen LogP contribution in [0.25, 0.3) is 0 Å². The van der Waals surface area contributed by atoms with Gasteiger partial charge in [0.05, 0.1) is 12.2 Å². The van der Waals surface area contributed by atoms with E-state index in [2.05, 4.69) is 31.4 Å². The van der Waals surface area contributed by atoms with Crippen LogP contribution in [0, 0.1) is 0 Å². The van der Waals surface area contributed by atoms with E-state index in [1.807, 2.05) is 6.07 Å². The van der Waals surface area contributed by atoms with Crippen LogP contribution >= 0.6 is 0 Å². The third-order valence-electron chi connectivity index (χ3n) is 16.1. The van der Waals surface area contributed by atoms with Crippen molar-refractivity contribution in [2.24, 2.45) is 0 Å². The number of carbonyl (C=O) groups excluding carboxylic acids is 2. The standard InChI is InChI=1S/C69H130N2O3/c1-4-7-10-13-16-19-22-25-28-30-32-34-36-38-41-44-47-50-53-56-61-70-68(72)65-59-60-66(67(64-65)74-63-58-55-52-49-46-43-40-27-24-21-18-15-12-9-6-3)69(73)71-62-57-54-51-48-45-42-39-37-35-33-31-29-26-23-20-17-14-11-8-5-2/h59-60,64H,4-58,61-63H2,1-3H3,(H,70,72)(H,71,73). The molecule has 0 radical (unpaired) electrons. The van der Waals surface area contributed by atoms with Gasteiger partial charge < -0.3 is 15.4 Å². The lowest BCUT2D eigenvalue weighted by Crippen LogP contribution is -2.26. The highest BCUT2D eigenvalue weighted by Gasteiger charge is 2.16. The Morgan fingerprint density at radius 1 is 0.297 bits per heavy atom. The minimum atomic E-state index is -0.0920. The number of unbranched alkanes of at least 4 members (excludes halogenated alkanes) is 52. The van der Waals surface area contributed by atoms with Crippen molar-refractivity contribution < 1.29 is 14.3 Å². The van der Waals surface area contributed by atoms with Crippen LogP contribution in [-0.2, 0) is 0 Å². The second-order valence-corrected chi connectivity index (χ2v) is 23.5. The number of rotatable bonds is 61. The Morgan fingerprint density at radius 2 is 0.527 bits per heavy atom.